The highest BCUT2D eigenvalue weighted by atomic mass is 32.1. The lowest BCUT2D eigenvalue weighted by Gasteiger charge is -2.40. The van der Waals surface area contributed by atoms with E-state index in [1.807, 2.05) is 48.2 Å². The molecule has 7 heteroatoms. The SMILES string of the molecule is CCNC(=S)N(c1cccc(N)c1)C1Cc2c(OC)ccc(OC)c2CC1O. The smallest absolute Gasteiger partial charge is 0.173 e. The van der Waals surface area contributed by atoms with Crippen molar-refractivity contribution < 1.29 is 14.6 Å². The molecule has 2 unspecified atom stereocenters. The van der Waals surface area contributed by atoms with Gasteiger partial charge < -0.3 is 30.5 Å². The van der Waals surface area contributed by atoms with Crippen molar-refractivity contribution in [3.8, 4) is 11.5 Å². The van der Waals surface area contributed by atoms with Crippen molar-refractivity contribution in [1.82, 2.24) is 5.32 Å². The lowest BCUT2D eigenvalue weighted by atomic mass is 9.84. The summed E-state index contributed by atoms with van der Waals surface area (Å²) in [7, 11) is 3.29. The second-order valence-electron chi connectivity index (χ2n) is 6.77. The molecule has 0 saturated carbocycles. The van der Waals surface area contributed by atoms with Crippen LogP contribution in [0, 0.1) is 0 Å². The second-order valence-corrected chi connectivity index (χ2v) is 7.16. The van der Waals surface area contributed by atoms with Crippen LogP contribution in [-0.4, -0.2) is 43.1 Å². The first-order chi connectivity index (χ1) is 13.5. The predicted molar refractivity (Wildman–Crippen MR) is 116 cm³/mol. The number of methoxy groups -OCH3 is 2. The Labute approximate surface area is 171 Å². The molecule has 0 bridgehead atoms. The minimum absolute atomic E-state index is 0.262. The molecule has 1 aliphatic rings. The largest absolute Gasteiger partial charge is 0.496 e. The summed E-state index contributed by atoms with van der Waals surface area (Å²) in [6.07, 6.45) is 0.386. The number of ether oxygens (including phenoxy) is 2. The summed E-state index contributed by atoms with van der Waals surface area (Å²) < 4.78 is 11.1. The number of aliphatic hydroxyl groups excluding tert-OH is 1. The Hall–Kier alpha value is -2.51. The average molecular weight is 402 g/mol. The van der Waals surface area contributed by atoms with Crippen LogP contribution in [0.5, 0.6) is 11.5 Å². The minimum atomic E-state index is -0.633. The number of hydrogen-bond donors (Lipinski definition) is 3. The number of aliphatic hydroxyl groups is 1. The van der Waals surface area contributed by atoms with Crippen molar-refractivity contribution in [2.45, 2.75) is 31.9 Å². The molecule has 0 saturated heterocycles. The molecule has 0 aliphatic heterocycles. The monoisotopic (exact) mass is 401 g/mol. The lowest BCUT2D eigenvalue weighted by Crippen LogP contribution is -2.54. The topological polar surface area (TPSA) is 80.0 Å². The van der Waals surface area contributed by atoms with Gasteiger partial charge >= 0.3 is 0 Å². The quantitative estimate of drug-likeness (QED) is 0.525. The number of rotatable bonds is 5. The number of fused-ring (bicyclic) bond motifs is 1. The number of anilines is 2. The first-order valence-corrected chi connectivity index (χ1v) is 9.74. The molecular weight excluding hydrogens is 374 g/mol. The molecule has 0 spiro atoms. The van der Waals surface area contributed by atoms with Gasteiger partial charge in [-0.25, -0.2) is 0 Å². The molecule has 150 valence electrons. The summed E-state index contributed by atoms with van der Waals surface area (Å²) >= 11 is 5.65. The van der Waals surface area contributed by atoms with E-state index in [1.165, 1.54) is 0 Å². The second kappa shape index (κ2) is 8.67. The number of hydrogen-bond acceptors (Lipinski definition) is 5. The molecule has 0 radical (unpaired) electrons. The molecule has 28 heavy (non-hydrogen) atoms. The lowest BCUT2D eigenvalue weighted by molar-refractivity contribution is 0.136. The van der Waals surface area contributed by atoms with E-state index >= 15 is 0 Å². The Balaban J connectivity index is 2.06. The Bertz CT molecular complexity index is 859. The number of nitrogen functional groups attached to an aromatic ring is 1. The summed E-state index contributed by atoms with van der Waals surface area (Å²) in [6.45, 7) is 2.68. The molecule has 0 heterocycles. The van der Waals surface area contributed by atoms with E-state index in [4.69, 9.17) is 27.4 Å². The molecule has 0 fully saturated rings. The van der Waals surface area contributed by atoms with Gasteiger partial charge in [0.25, 0.3) is 0 Å². The van der Waals surface area contributed by atoms with Crippen LogP contribution in [0.1, 0.15) is 18.1 Å². The molecule has 2 aromatic carbocycles. The maximum Gasteiger partial charge on any atom is 0.173 e. The van der Waals surface area contributed by atoms with Crippen molar-refractivity contribution in [1.29, 1.82) is 0 Å². The van der Waals surface area contributed by atoms with Crippen LogP contribution in [0.2, 0.25) is 0 Å². The predicted octanol–water partition coefficient (Wildman–Crippen LogP) is 2.52. The molecule has 0 aromatic heterocycles. The number of nitrogens with one attached hydrogen (secondary N) is 1. The summed E-state index contributed by atoms with van der Waals surface area (Å²) in [5.41, 5.74) is 9.51. The van der Waals surface area contributed by atoms with Crippen LogP contribution < -0.4 is 25.4 Å². The van der Waals surface area contributed by atoms with Crippen molar-refractivity contribution in [3.63, 3.8) is 0 Å². The summed E-state index contributed by atoms with van der Waals surface area (Å²) in [6, 6.07) is 11.1. The average Bonchev–Trinajstić information content (AvgIpc) is 2.68. The number of nitrogens with two attached hydrogens (primary N) is 1. The van der Waals surface area contributed by atoms with Crippen molar-refractivity contribution in [2.24, 2.45) is 0 Å². The molecular formula is C21H27N3O3S. The fraction of sp³-hybridized carbons (Fsp3) is 0.381. The van der Waals surface area contributed by atoms with E-state index in [0.29, 0.717) is 30.2 Å². The van der Waals surface area contributed by atoms with Gasteiger partial charge in [-0.15, -0.1) is 0 Å². The van der Waals surface area contributed by atoms with Gasteiger partial charge in [-0.2, -0.15) is 0 Å². The summed E-state index contributed by atoms with van der Waals surface area (Å²) in [5.74, 6) is 1.55. The van der Waals surface area contributed by atoms with E-state index in [9.17, 15) is 5.11 Å². The van der Waals surface area contributed by atoms with Crippen LogP contribution >= 0.6 is 12.2 Å². The van der Waals surface area contributed by atoms with Gasteiger partial charge in [0.05, 0.1) is 26.4 Å². The number of nitrogens with zero attached hydrogens (tertiary/aromatic N) is 1. The first-order valence-electron chi connectivity index (χ1n) is 9.33. The Morgan fingerprint density at radius 1 is 1.18 bits per heavy atom. The zero-order valence-electron chi connectivity index (χ0n) is 16.4. The zero-order valence-corrected chi connectivity index (χ0v) is 17.3. The number of benzene rings is 2. The van der Waals surface area contributed by atoms with E-state index in [-0.39, 0.29) is 6.04 Å². The Kier molecular flexibility index (Phi) is 6.26. The van der Waals surface area contributed by atoms with Gasteiger partial charge in [-0.1, -0.05) is 6.07 Å². The van der Waals surface area contributed by atoms with E-state index in [1.54, 1.807) is 14.2 Å². The third-order valence-corrected chi connectivity index (χ3v) is 5.42. The fourth-order valence-electron chi connectivity index (χ4n) is 3.80. The Morgan fingerprint density at radius 3 is 2.39 bits per heavy atom. The normalized spacial score (nSPS) is 18.1. The van der Waals surface area contributed by atoms with Crippen molar-refractivity contribution in [3.05, 3.63) is 47.5 Å². The molecule has 6 nitrogen and oxygen atoms in total. The first kappa shape index (κ1) is 20.2. The maximum atomic E-state index is 11.1. The highest BCUT2D eigenvalue weighted by Crippen LogP contribution is 2.38. The van der Waals surface area contributed by atoms with Crippen LogP contribution in [0.4, 0.5) is 11.4 Å². The van der Waals surface area contributed by atoms with Gasteiger partial charge in [-0.05, 0) is 55.9 Å². The third kappa shape index (κ3) is 3.86. The summed E-state index contributed by atoms with van der Waals surface area (Å²) in [4.78, 5) is 1.96. The van der Waals surface area contributed by atoms with Gasteiger partial charge in [0, 0.05) is 35.5 Å². The molecule has 2 aromatic rings. The number of thiocarbonyl (C=S) groups is 1. The third-order valence-electron chi connectivity index (χ3n) is 5.08. The maximum absolute atomic E-state index is 11.1. The minimum Gasteiger partial charge on any atom is -0.496 e. The van der Waals surface area contributed by atoms with Crippen molar-refractivity contribution >= 4 is 28.7 Å². The Morgan fingerprint density at radius 2 is 1.82 bits per heavy atom. The molecule has 2 atom stereocenters. The van der Waals surface area contributed by atoms with Crippen molar-refractivity contribution in [2.75, 3.05) is 31.4 Å². The van der Waals surface area contributed by atoms with Crippen LogP contribution in [-0.2, 0) is 12.8 Å². The van der Waals surface area contributed by atoms with Gasteiger partial charge in [0.15, 0.2) is 5.11 Å². The van der Waals surface area contributed by atoms with Crippen LogP contribution in [0.3, 0.4) is 0 Å². The van der Waals surface area contributed by atoms with Crippen LogP contribution in [0.15, 0.2) is 36.4 Å². The fourth-order valence-corrected chi connectivity index (χ4v) is 4.19. The highest BCUT2D eigenvalue weighted by Gasteiger charge is 2.36. The standard InChI is InChI=1S/C21H27N3O3S/c1-4-23-21(28)24(14-7-5-6-13(22)10-14)17-11-15-16(12-18(17)25)20(27-3)9-8-19(15)26-2/h5-10,17-18,25H,4,11-12,22H2,1-3H3,(H,23,28). The molecule has 1 aliphatic carbocycles. The highest BCUT2D eigenvalue weighted by molar-refractivity contribution is 7.80. The summed E-state index contributed by atoms with van der Waals surface area (Å²) in [5, 5.41) is 14.8. The van der Waals surface area contributed by atoms with Gasteiger partial charge in [-0.3, -0.25) is 0 Å². The van der Waals surface area contributed by atoms with E-state index in [2.05, 4.69) is 5.32 Å². The van der Waals surface area contributed by atoms with Gasteiger partial charge in [0.2, 0.25) is 0 Å². The van der Waals surface area contributed by atoms with Crippen LogP contribution in [0.25, 0.3) is 0 Å². The molecule has 0 amide bonds. The molecule has 4 N–H and O–H groups in total. The van der Waals surface area contributed by atoms with E-state index < -0.39 is 6.10 Å². The van der Waals surface area contributed by atoms with Gasteiger partial charge in [0.1, 0.15) is 11.5 Å². The zero-order chi connectivity index (χ0) is 20.3. The van der Waals surface area contributed by atoms with E-state index in [0.717, 1.165) is 28.3 Å². The molecule has 3 rings (SSSR count).